The Bertz CT molecular complexity index is 1990. The zero-order valence-corrected chi connectivity index (χ0v) is 62.4. The fourth-order valence-electron chi connectivity index (χ4n) is 11.1. The highest BCUT2D eigenvalue weighted by Crippen LogP contribution is 2.43. The molecule has 0 saturated heterocycles. The maximum Gasteiger partial charge on any atom is 0.472 e. The maximum atomic E-state index is 13.1. The average Bonchev–Trinajstić information content (AvgIpc) is 2.75. The van der Waals surface area contributed by atoms with Crippen LogP contribution in [0.5, 0.6) is 0 Å². The third-order valence-corrected chi connectivity index (χ3v) is 18.1. The minimum Gasteiger partial charge on any atom is -0.387 e. The number of phosphoric ester groups is 1. The molecular formula is C84H150N2O6P+. The number of aliphatic hydroxyl groups excluding tert-OH is 1. The average molecular weight is 1320 g/mol. The third-order valence-electron chi connectivity index (χ3n) is 17.1. The van der Waals surface area contributed by atoms with Crippen molar-refractivity contribution in [2.24, 2.45) is 0 Å². The fraction of sp³-hybridized carbons (Fsp3) is 0.726. The Kier molecular flexibility index (Phi) is 70.3. The highest BCUT2D eigenvalue weighted by molar-refractivity contribution is 7.47. The van der Waals surface area contributed by atoms with Crippen molar-refractivity contribution in [2.45, 2.75) is 353 Å². The van der Waals surface area contributed by atoms with E-state index in [-0.39, 0.29) is 19.1 Å². The number of carbonyl (C=O) groups excluding carboxylic acids is 1. The normalized spacial score (nSPS) is 14.3. The molecule has 0 saturated carbocycles. The van der Waals surface area contributed by atoms with Gasteiger partial charge >= 0.3 is 7.82 Å². The number of unbranched alkanes of at least 4 members (excludes halogenated alkanes) is 38. The van der Waals surface area contributed by atoms with Crippen LogP contribution in [0.1, 0.15) is 341 Å². The largest absolute Gasteiger partial charge is 0.472 e. The molecule has 1 amide bonds. The quantitative estimate of drug-likeness (QED) is 0.0243. The van der Waals surface area contributed by atoms with E-state index in [1.165, 1.54) is 225 Å². The van der Waals surface area contributed by atoms with Gasteiger partial charge in [-0.2, -0.15) is 0 Å². The first-order valence-corrected chi connectivity index (χ1v) is 40.6. The van der Waals surface area contributed by atoms with Crippen LogP contribution in [0.2, 0.25) is 0 Å². The van der Waals surface area contributed by atoms with E-state index >= 15 is 0 Å². The zero-order chi connectivity index (χ0) is 67.6. The third kappa shape index (κ3) is 75.9. The number of amides is 1. The van der Waals surface area contributed by atoms with Gasteiger partial charge in [0, 0.05) is 6.42 Å². The number of nitrogens with one attached hydrogen (secondary N) is 1. The molecule has 0 aromatic rings. The number of nitrogens with zero attached hydrogens (tertiary/aromatic N) is 1. The van der Waals surface area contributed by atoms with Crippen LogP contribution < -0.4 is 5.32 Å². The molecule has 9 heteroatoms. The second-order valence-electron chi connectivity index (χ2n) is 27.3. The van der Waals surface area contributed by atoms with Crippen molar-refractivity contribution in [3.8, 4) is 0 Å². The van der Waals surface area contributed by atoms with E-state index in [1.807, 2.05) is 27.2 Å². The minimum absolute atomic E-state index is 0.0494. The molecule has 0 aromatic heterocycles. The molecule has 0 radical (unpaired) electrons. The lowest BCUT2D eigenvalue weighted by atomic mass is 10.0. The molecule has 0 aliphatic rings. The monoisotopic (exact) mass is 1310 g/mol. The molecule has 3 atom stereocenters. The van der Waals surface area contributed by atoms with E-state index < -0.39 is 20.0 Å². The zero-order valence-electron chi connectivity index (χ0n) is 61.5. The van der Waals surface area contributed by atoms with Crippen LogP contribution in [-0.2, 0) is 18.4 Å². The van der Waals surface area contributed by atoms with E-state index in [9.17, 15) is 19.4 Å². The summed E-state index contributed by atoms with van der Waals surface area (Å²) in [6.45, 7) is 4.70. The van der Waals surface area contributed by atoms with Crippen LogP contribution in [0.15, 0.2) is 134 Å². The van der Waals surface area contributed by atoms with Crippen molar-refractivity contribution in [1.82, 2.24) is 5.32 Å². The van der Waals surface area contributed by atoms with Gasteiger partial charge in [0.05, 0.1) is 39.9 Å². The minimum atomic E-state index is -4.38. The number of rotatable bonds is 71. The van der Waals surface area contributed by atoms with Gasteiger partial charge in [-0.05, 0) is 109 Å². The van der Waals surface area contributed by atoms with Gasteiger partial charge in [-0.15, -0.1) is 0 Å². The lowest BCUT2D eigenvalue weighted by Crippen LogP contribution is -2.45. The van der Waals surface area contributed by atoms with Crippen LogP contribution in [0.25, 0.3) is 0 Å². The molecule has 0 spiro atoms. The number of allylic oxidation sites excluding steroid dienone is 21. The van der Waals surface area contributed by atoms with Gasteiger partial charge in [0.2, 0.25) is 5.91 Å². The molecule has 0 aromatic carbocycles. The molecule has 0 aliphatic heterocycles. The Morgan fingerprint density at radius 3 is 0.989 bits per heavy atom. The molecule has 3 N–H and O–H groups in total. The SMILES string of the molecule is CC/C=C\C/C=C\C/C=C\C/C=C\C/C=C\C/C=C\C/C=C\C/C=C\CCCCCCCCCCCCCCCCCCC(=O)NC(COP(=O)(O)OCC[N+](C)(C)C)C(O)/C=C/CC/C=C/CC/C=C/CCCCCCCCCCCCCCCCCCCCCC. The number of quaternary nitrogens is 1. The molecule has 93 heavy (non-hydrogen) atoms. The maximum absolute atomic E-state index is 13.1. The number of hydrogen-bond donors (Lipinski definition) is 3. The van der Waals surface area contributed by atoms with Gasteiger partial charge in [0.15, 0.2) is 0 Å². The summed E-state index contributed by atoms with van der Waals surface area (Å²) < 4.78 is 23.8. The number of carbonyl (C=O) groups is 1. The standard InChI is InChI=1S/C84H149N2O6P/c1-6-8-10-12-14-16-18-20-22-24-26-28-30-32-34-36-38-39-40-41-42-43-44-45-46-47-48-50-52-54-56-58-60-62-64-66-68-70-72-74-76-78-84(88)85-82(81-92-93(89,90)91-80-79-86(3,4)5)83(87)77-75-73-71-69-67-65-63-61-59-57-55-53-51-49-37-35-33-31-29-27-25-23-21-19-17-15-13-11-9-7-2/h8,10,14,16,20,22,26,28,32,34,38-39,41-42,44-45,59,61,67,69,75,77,82-83,87H,6-7,9,11-13,15,17-19,21,23-25,27,29-31,33,35-37,40,43,46-58,60,62-66,68,70-74,76,78-81H2,1-5H3,(H-,85,88,89,90)/p+1/b10-8-,16-14-,22-20-,28-26-,34-32-,39-38-,42-41-,45-44-,61-59+,69-67+,77-75+. The molecule has 0 fully saturated rings. The number of likely N-dealkylation sites (N-methyl/N-ethyl adjacent to an activating group) is 1. The van der Waals surface area contributed by atoms with Crippen LogP contribution in [0, 0.1) is 0 Å². The molecule has 0 rings (SSSR count). The summed E-state index contributed by atoms with van der Waals surface area (Å²) in [4.78, 5) is 23.5. The van der Waals surface area contributed by atoms with Gasteiger partial charge in [-0.25, -0.2) is 4.57 Å². The summed E-state index contributed by atoms with van der Waals surface area (Å²) in [6, 6.07) is -0.879. The summed E-state index contributed by atoms with van der Waals surface area (Å²) >= 11 is 0. The van der Waals surface area contributed by atoms with Crippen molar-refractivity contribution in [3.63, 3.8) is 0 Å². The summed E-state index contributed by atoms with van der Waals surface area (Å²) in [6.07, 6.45) is 111. The number of aliphatic hydroxyl groups is 1. The van der Waals surface area contributed by atoms with E-state index in [1.54, 1.807) is 6.08 Å². The van der Waals surface area contributed by atoms with E-state index in [2.05, 4.69) is 141 Å². The fourth-order valence-corrected chi connectivity index (χ4v) is 11.8. The molecule has 8 nitrogen and oxygen atoms in total. The Morgan fingerprint density at radius 1 is 0.376 bits per heavy atom. The van der Waals surface area contributed by atoms with Gasteiger partial charge in [0.1, 0.15) is 13.2 Å². The van der Waals surface area contributed by atoms with Crippen molar-refractivity contribution in [3.05, 3.63) is 134 Å². The van der Waals surface area contributed by atoms with Crippen LogP contribution in [-0.4, -0.2) is 73.4 Å². The first-order valence-electron chi connectivity index (χ1n) is 39.1. The van der Waals surface area contributed by atoms with Crippen molar-refractivity contribution in [1.29, 1.82) is 0 Å². The highest BCUT2D eigenvalue weighted by atomic mass is 31.2. The summed E-state index contributed by atoms with van der Waals surface area (Å²) in [5.41, 5.74) is 0. The first-order chi connectivity index (χ1) is 45.5. The Morgan fingerprint density at radius 2 is 0.656 bits per heavy atom. The molecule has 0 aliphatic carbocycles. The molecule has 536 valence electrons. The number of phosphoric acid groups is 1. The summed E-state index contributed by atoms with van der Waals surface area (Å²) in [7, 11) is 1.54. The predicted molar refractivity (Wildman–Crippen MR) is 410 cm³/mol. The smallest absolute Gasteiger partial charge is 0.387 e. The van der Waals surface area contributed by atoms with Gasteiger partial charge < -0.3 is 19.8 Å². The first kappa shape index (κ1) is 89.6. The number of hydrogen-bond acceptors (Lipinski definition) is 5. The van der Waals surface area contributed by atoms with E-state index in [0.29, 0.717) is 17.4 Å². The highest BCUT2D eigenvalue weighted by Gasteiger charge is 2.28. The van der Waals surface area contributed by atoms with Crippen LogP contribution >= 0.6 is 7.82 Å². The van der Waals surface area contributed by atoms with Crippen LogP contribution in [0.4, 0.5) is 0 Å². The second-order valence-corrected chi connectivity index (χ2v) is 28.8. The summed E-state index contributed by atoms with van der Waals surface area (Å²) in [5.74, 6) is -0.191. The van der Waals surface area contributed by atoms with Crippen LogP contribution in [0.3, 0.4) is 0 Å². The Balaban J connectivity index is 4.07. The van der Waals surface area contributed by atoms with Gasteiger partial charge in [-0.3, -0.25) is 13.8 Å². The van der Waals surface area contributed by atoms with E-state index in [0.717, 1.165) is 96.3 Å². The summed E-state index contributed by atoms with van der Waals surface area (Å²) in [5, 5.41) is 14.0. The Hall–Kier alpha value is -3.36. The van der Waals surface area contributed by atoms with Crippen molar-refractivity contribution in [2.75, 3.05) is 40.9 Å². The van der Waals surface area contributed by atoms with Crippen molar-refractivity contribution >= 4 is 13.7 Å². The second kappa shape index (κ2) is 72.9. The van der Waals surface area contributed by atoms with Crippen molar-refractivity contribution < 1.29 is 32.9 Å². The molecule has 0 bridgehead atoms. The molecular weight excluding hydrogens is 1160 g/mol. The molecule has 0 heterocycles. The van der Waals surface area contributed by atoms with Gasteiger partial charge in [0.25, 0.3) is 0 Å². The Labute approximate surface area is 576 Å². The topological polar surface area (TPSA) is 105 Å². The predicted octanol–water partition coefficient (Wildman–Crippen LogP) is 25.7. The lowest BCUT2D eigenvalue weighted by molar-refractivity contribution is -0.870. The van der Waals surface area contributed by atoms with E-state index in [4.69, 9.17) is 9.05 Å². The lowest BCUT2D eigenvalue weighted by Gasteiger charge is -2.25. The molecule has 3 unspecified atom stereocenters. The van der Waals surface area contributed by atoms with Gasteiger partial charge in [-0.1, -0.05) is 359 Å².